The number of rotatable bonds is 4. The average Bonchev–Trinajstić information content (AvgIpc) is 2.76. The summed E-state index contributed by atoms with van der Waals surface area (Å²) in [7, 11) is 0.640. The molecule has 2 atom stereocenters. The van der Waals surface area contributed by atoms with E-state index < -0.39 is 9.84 Å². The van der Waals surface area contributed by atoms with Gasteiger partial charge >= 0.3 is 0 Å². The van der Waals surface area contributed by atoms with E-state index in [0.717, 1.165) is 26.9 Å². The first-order valence-corrected chi connectivity index (χ1v) is 9.63. The molecular formula is C15H22BrNO3S. The van der Waals surface area contributed by atoms with E-state index in [1.807, 2.05) is 27.0 Å². The highest BCUT2D eigenvalue weighted by atomic mass is 79.9. The van der Waals surface area contributed by atoms with E-state index in [2.05, 4.69) is 21.2 Å². The fraction of sp³-hybridized carbons (Fsp3) is 0.600. The Bertz CT molecular complexity index is 643. The number of aryl methyl sites for hydroxylation is 1. The third-order valence-corrected chi connectivity index (χ3v) is 6.89. The largest absolute Gasteiger partial charge is 0.496 e. The molecule has 21 heavy (non-hydrogen) atoms. The van der Waals surface area contributed by atoms with Crippen LogP contribution in [0.15, 0.2) is 10.5 Å². The zero-order valence-electron chi connectivity index (χ0n) is 12.9. The number of hydrogen-bond acceptors (Lipinski definition) is 4. The lowest BCUT2D eigenvalue weighted by molar-refractivity contribution is 0.369. The minimum atomic E-state index is -2.90. The van der Waals surface area contributed by atoms with E-state index in [-0.39, 0.29) is 23.5 Å². The molecular weight excluding hydrogens is 354 g/mol. The van der Waals surface area contributed by atoms with Crippen molar-refractivity contribution in [3.8, 4) is 5.75 Å². The lowest BCUT2D eigenvalue weighted by atomic mass is 9.88. The molecule has 1 aromatic carbocycles. The molecule has 6 heteroatoms. The van der Waals surface area contributed by atoms with Gasteiger partial charge in [-0.25, -0.2) is 8.42 Å². The van der Waals surface area contributed by atoms with Gasteiger partial charge in [-0.1, -0.05) is 15.9 Å². The van der Waals surface area contributed by atoms with Crippen molar-refractivity contribution in [3.05, 3.63) is 27.2 Å². The molecule has 118 valence electrons. The summed E-state index contributed by atoms with van der Waals surface area (Å²) in [5.41, 5.74) is 3.21. The summed E-state index contributed by atoms with van der Waals surface area (Å²) >= 11 is 3.59. The van der Waals surface area contributed by atoms with Crippen molar-refractivity contribution in [1.82, 2.24) is 5.32 Å². The predicted molar refractivity (Wildman–Crippen MR) is 88.7 cm³/mol. The smallest absolute Gasteiger partial charge is 0.150 e. The van der Waals surface area contributed by atoms with Crippen molar-refractivity contribution >= 4 is 25.8 Å². The summed E-state index contributed by atoms with van der Waals surface area (Å²) in [6.45, 7) is 4.04. The number of methoxy groups -OCH3 is 1. The molecule has 1 N–H and O–H groups in total. The highest BCUT2D eigenvalue weighted by Gasteiger charge is 2.36. The van der Waals surface area contributed by atoms with E-state index >= 15 is 0 Å². The monoisotopic (exact) mass is 375 g/mol. The number of halogens is 1. The van der Waals surface area contributed by atoms with Crippen molar-refractivity contribution in [3.63, 3.8) is 0 Å². The first kappa shape index (κ1) is 16.8. The molecule has 0 aromatic heterocycles. The first-order chi connectivity index (χ1) is 9.80. The van der Waals surface area contributed by atoms with Crippen LogP contribution in [0.3, 0.4) is 0 Å². The van der Waals surface area contributed by atoms with Crippen LogP contribution >= 0.6 is 15.9 Å². The van der Waals surface area contributed by atoms with E-state index in [9.17, 15) is 8.42 Å². The van der Waals surface area contributed by atoms with Gasteiger partial charge in [-0.05, 0) is 50.4 Å². The standard InChI is InChI=1S/C15H22BrNO3S/c1-9-7-12(16)10(2)13(15(9)20-4)14(17-3)11-5-6-21(18,19)8-11/h7,11,14,17H,5-6,8H2,1-4H3. The van der Waals surface area contributed by atoms with Crippen LogP contribution in [0.2, 0.25) is 0 Å². The third-order valence-electron chi connectivity index (χ3n) is 4.27. The van der Waals surface area contributed by atoms with E-state index in [1.165, 1.54) is 0 Å². The Morgan fingerprint density at radius 1 is 1.43 bits per heavy atom. The van der Waals surface area contributed by atoms with Crippen LogP contribution in [0.1, 0.15) is 29.2 Å². The van der Waals surface area contributed by atoms with Gasteiger partial charge in [0.2, 0.25) is 0 Å². The second-order valence-electron chi connectivity index (χ2n) is 5.68. The molecule has 0 saturated carbocycles. The molecule has 2 unspecified atom stereocenters. The van der Waals surface area contributed by atoms with Gasteiger partial charge in [0.1, 0.15) is 5.75 Å². The van der Waals surface area contributed by atoms with Gasteiger partial charge < -0.3 is 10.1 Å². The highest BCUT2D eigenvalue weighted by Crippen LogP contribution is 2.41. The topological polar surface area (TPSA) is 55.4 Å². The van der Waals surface area contributed by atoms with Crippen molar-refractivity contribution < 1.29 is 13.2 Å². The summed E-state index contributed by atoms with van der Waals surface area (Å²) in [5.74, 6) is 1.46. The third kappa shape index (κ3) is 3.27. The summed E-state index contributed by atoms with van der Waals surface area (Å²) in [5, 5.41) is 3.30. The molecule has 0 amide bonds. The van der Waals surface area contributed by atoms with Gasteiger partial charge in [0, 0.05) is 16.1 Å². The maximum absolute atomic E-state index is 11.8. The Morgan fingerprint density at radius 2 is 2.10 bits per heavy atom. The van der Waals surface area contributed by atoms with Crippen molar-refractivity contribution in [2.24, 2.45) is 5.92 Å². The Hall–Kier alpha value is -0.590. The Labute approximate surface area is 135 Å². The van der Waals surface area contributed by atoms with Gasteiger partial charge in [0.25, 0.3) is 0 Å². The van der Waals surface area contributed by atoms with Crippen LogP contribution in [-0.2, 0) is 9.84 Å². The molecule has 1 aliphatic rings. The van der Waals surface area contributed by atoms with Gasteiger partial charge in [-0.3, -0.25) is 0 Å². The zero-order chi connectivity index (χ0) is 15.8. The normalized spacial score (nSPS) is 22.2. The summed E-state index contributed by atoms with van der Waals surface area (Å²) in [6.07, 6.45) is 0.696. The van der Waals surface area contributed by atoms with Crippen LogP contribution in [0, 0.1) is 19.8 Å². The molecule has 0 spiro atoms. The highest BCUT2D eigenvalue weighted by molar-refractivity contribution is 9.10. The molecule has 0 bridgehead atoms. The van der Waals surface area contributed by atoms with Crippen LogP contribution in [0.4, 0.5) is 0 Å². The van der Waals surface area contributed by atoms with E-state index in [4.69, 9.17) is 4.74 Å². The fourth-order valence-electron chi connectivity index (χ4n) is 3.22. The van der Waals surface area contributed by atoms with Crippen molar-refractivity contribution in [2.75, 3.05) is 25.7 Å². The Kier molecular flexibility index (Phi) is 5.00. The van der Waals surface area contributed by atoms with Gasteiger partial charge in [-0.15, -0.1) is 0 Å². The SMILES string of the molecule is CNC(c1c(C)c(Br)cc(C)c1OC)C1CCS(=O)(=O)C1. The minimum absolute atomic E-state index is 0.0200. The van der Waals surface area contributed by atoms with Gasteiger partial charge in [0.05, 0.1) is 18.6 Å². The first-order valence-electron chi connectivity index (χ1n) is 7.02. The molecule has 1 fully saturated rings. The number of benzene rings is 1. The lowest BCUT2D eigenvalue weighted by Gasteiger charge is -2.27. The van der Waals surface area contributed by atoms with Crippen LogP contribution in [0.25, 0.3) is 0 Å². The second-order valence-corrected chi connectivity index (χ2v) is 8.76. The Balaban J connectivity index is 2.52. The van der Waals surface area contributed by atoms with Gasteiger partial charge in [-0.2, -0.15) is 0 Å². The predicted octanol–water partition coefficient (Wildman–Crippen LogP) is 2.77. The summed E-state index contributed by atoms with van der Waals surface area (Å²) in [4.78, 5) is 0. The molecule has 1 aliphatic heterocycles. The second kappa shape index (κ2) is 6.26. The molecule has 1 saturated heterocycles. The van der Waals surface area contributed by atoms with Gasteiger partial charge in [0.15, 0.2) is 9.84 Å². The summed E-state index contributed by atoms with van der Waals surface area (Å²) < 4.78 is 30.2. The number of hydrogen-bond donors (Lipinski definition) is 1. The van der Waals surface area contributed by atoms with E-state index in [1.54, 1.807) is 7.11 Å². The average molecular weight is 376 g/mol. The van der Waals surface area contributed by atoms with E-state index in [0.29, 0.717) is 6.42 Å². The molecule has 0 aliphatic carbocycles. The molecule has 2 rings (SSSR count). The summed E-state index contributed by atoms with van der Waals surface area (Å²) in [6, 6.07) is 2.02. The molecule has 1 heterocycles. The molecule has 0 radical (unpaired) electrons. The number of nitrogens with one attached hydrogen (secondary N) is 1. The maximum atomic E-state index is 11.8. The van der Waals surface area contributed by atoms with Crippen molar-refractivity contribution in [2.45, 2.75) is 26.3 Å². The quantitative estimate of drug-likeness (QED) is 0.878. The van der Waals surface area contributed by atoms with Crippen LogP contribution in [-0.4, -0.2) is 34.1 Å². The molecule has 4 nitrogen and oxygen atoms in total. The zero-order valence-corrected chi connectivity index (χ0v) is 15.3. The van der Waals surface area contributed by atoms with Crippen molar-refractivity contribution in [1.29, 1.82) is 0 Å². The number of sulfone groups is 1. The van der Waals surface area contributed by atoms with Crippen LogP contribution in [0.5, 0.6) is 5.75 Å². The Morgan fingerprint density at radius 3 is 2.57 bits per heavy atom. The minimum Gasteiger partial charge on any atom is -0.496 e. The van der Waals surface area contributed by atoms with Crippen LogP contribution < -0.4 is 10.1 Å². The lowest BCUT2D eigenvalue weighted by Crippen LogP contribution is -2.27. The fourth-order valence-corrected chi connectivity index (χ4v) is 5.62. The maximum Gasteiger partial charge on any atom is 0.150 e. The molecule has 1 aromatic rings. The number of ether oxygens (including phenoxy) is 1.